The van der Waals surface area contributed by atoms with Gasteiger partial charge in [-0.25, -0.2) is 4.79 Å². The van der Waals surface area contributed by atoms with E-state index in [9.17, 15) is 9.90 Å². The molecule has 4 nitrogen and oxygen atoms in total. The van der Waals surface area contributed by atoms with Crippen LogP contribution in [0.4, 0.5) is 0 Å². The summed E-state index contributed by atoms with van der Waals surface area (Å²) < 4.78 is 5.45. The van der Waals surface area contributed by atoms with E-state index in [0.29, 0.717) is 24.3 Å². The Labute approximate surface area is 99.6 Å². The summed E-state index contributed by atoms with van der Waals surface area (Å²) in [5.74, 6) is 2.09. The molecule has 0 aliphatic carbocycles. The highest BCUT2D eigenvalue weighted by atomic mass is 16.5. The zero-order chi connectivity index (χ0) is 12.3. The number of benzene rings is 1. The lowest BCUT2D eigenvalue weighted by atomic mass is 9.84. The van der Waals surface area contributed by atoms with Gasteiger partial charge in [-0.15, -0.1) is 6.42 Å². The molecule has 0 saturated heterocycles. The third-order valence-corrected chi connectivity index (χ3v) is 2.94. The summed E-state index contributed by atoms with van der Waals surface area (Å²) in [6.45, 7) is 0.571. The van der Waals surface area contributed by atoms with E-state index in [1.165, 1.54) is 0 Å². The van der Waals surface area contributed by atoms with E-state index in [0.717, 1.165) is 0 Å². The molecule has 1 heterocycles. The number of aliphatic carboxylic acids is 1. The van der Waals surface area contributed by atoms with Crippen LogP contribution in [0.15, 0.2) is 24.3 Å². The minimum Gasteiger partial charge on any atom is -0.493 e. The highest BCUT2D eigenvalue weighted by Crippen LogP contribution is 2.36. The van der Waals surface area contributed by atoms with Gasteiger partial charge in [0.1, 0.15) is 11.3 Å². The first kappa shape index (κ1) is 11.5. The van der Waals surface area contributed by atoms with Crippen LogP contribution in [0.2, 0.25) is 0 Å². The van der Waals surface area contributed by atoms with Crippen LogP contribution in [0, 0.1) is 12.3 Å². The molecule has 1 aromatic carbocycles. The largest absolute Gasteiger partial charge is 0.493 e. The van der Waals surface area contributed by atoms with Crippen LogP contribution in [0.5, 0.6) is 5.75 Å². The molecule has 17 heavy (non-hydrogen) atoms. The van der Waals surface area contributed by atoms with Crippen LogP contribution in [0.1, 0.15) is 12.0 Å². The monoisotopic (exact) mass is 231 g/mol. The van der Waals surface area contributed by atoms with Gasteiger partial charge in [-0.05, 0) is 6.07 Å². The van der Waals surface area contributed by atoms with Crippen molar-refractivity contribution >= 4 is 5.97 Å². The van der Waals surface area contributed by atoms with Crippen LogP contribution < -0.4 is 10.1 Å². The predicted molar refractivity (Wildman–Crippen MR) is 62.7 cm³/mol. The first-order valence-electron chi connectivity index (χ1n) is 5.35. The van der Waals surface area contributed by atoms with E-state index >= 15 is 0 Å². The van der Waals surface area contributed by atoms with Gasteiger partial charge in [-0.3, -0.25) is 5.32 Å². The number of para-hydroxylation sites is 1. The Morgan fingerprint density at radius 2 is 2.35 bits per heavy atom. The molecule has 0 fully saturated rings. The molecule has 1 aliphatic rings. The Balaban J connectivity index is 2.48. The topological polar surface area (TPSA) is 58.6 Å². The van der Waals surface area contributed by atoms with Crippen molar-refractivity contribution in [2.75, 3.05) is 13.2 Å². The molecule has 2 N–H and O–H groups in total. The van der Waals surface area contributed by atoms with E-state index in [1.54, 1.807) is 18.2 Å². The highest BCUT2D eigenvalue weighted by Gasteiger charge is 2.44. The van der Waals surface area contributed by atoms with Gasteiger partial charge in [0.2, 0.25) is 0 Å². The van der Waals surface area contributed by atoms with E-state index in [-0.39, 0.29) is 6.54 Å². The van der Waals surface area contributed by atoms with Crippen LogP contribution in [-0.2, 0) is 10.3 Å². The van der Waals surface area contributed by atoms with Gasteiger partial charge in [0, 0.05) is 12.0 Å². The minimum atomic E-state index is -1.14. The molecule has 2 rings (SSSR count). The third kappa shape index (κ3) is 1.85. The van der Waals surface area contributed by atoms with Crippen molar-refractivity contribution in [2.45, 2.75) is 12.0 Å². The average Bonchev–Trinajstić information content (AvgIpc) is 2.36. The number of fused-ring (bicyclic) bond motifs is 1. The second kappa shape index (κ2) is 4.48. The lowest BCUT2D eigenvalue weighted by Gasteiger charge is -2.35. The van der Waals surface area contributed by atoms with E-state index in [2.05, 4.69) is 11.2 Å². The number of carbonyl (C=O) groups is 1. The van der Waals surface area contributed by atoms with Crippen molar-refractivity contribution in [3.8, 4) is 18.1 Å². The SMILES string of the molecule is C#CCNC1(C(=O)O)CCOc2ccccc21. The van der Waals surface area contributed by atoms with Crippen molar-refractivity contribution in [3.05, 3.63) is 29.8 Å². The fraction of sp³-hybridized carbons (Fsp3) is 0.308. The van der Waals surface area contributed by atoms with Gasteiger partial charge in [-0.1, -0.05) is 24.1 Å². The van der Waals surface area contributed by atoms with Crippen LogP contribution in [0.25, 0.3) is 0 Å². The number of rotatable bonds is 3. The molecular weight excluding hydrogens is 218 g/mol. The maximum Gasteiger partial charge on any atom is 0.328 e. The summed E-state index contributed by atoms with van der Waals surface area (Å²) >= 11 is 0. The smallest absolute Gasteiger partial charge is 0.328 e. The van der Waals surface area contributed by atoms with Gasteiger partial charge in [0.05, 0.1) is 13.2 Å². The zero-order valence-electron chi connectivity index (χ0n) is 9.27. The number of carboxylic acid groups (broad SMARTS) is 1. The summed E-state index contributed by atoms with van der Waals surface area (Å²) in [7, 11) is 0. The van der Waals surface area contributed by atoms with E-state index < -0.39 is 11.5 Å². The first-order valence-corrected chi connectivity index (χ1v) is 5.35. The molecule has 1 aliphatic heterocycles. The Kier molecular flexibility index (Phi) is 3.03. The first-order chi connectivity index (χ1) is 8.20. The van der Waals surface area contributed by atoms with Gasteiger partial charge in [-0.2, -0.15) is 0 Å². The van der Waals surface area contributed by atoms with Crippen molar-refractivity contribution in [2.24, 2.45) is 0 Å². The van der Waals surface area contributed by atoms with Crippen molar-refractivity contribution in [1.29, 1.82) is 0 Å². The molecule has 88 valence electrons. The van der Waals surface area contributed by atoms with Crippen molar-refractivity contribution in [3.63, 3.8) is 0 Å². The maximum absolute atomic E-state index is 11.6. The van der Waals surface area contributed by atoms with Crippen molar-refractivity contribution < 1.29 is 14.6 Å². The summed E-state index contributed by atoms with van der Waals surface area (Å²) in [5.41, 5.74) is -0.504. The fourth-order valence-electron chi connectivity index (χ4n) is 2.08. The third-order valence-electron chi connectivity index (χ3n) is 2.94. The van der Waals surface area contributed by atoms with Gasteiger partial charge in [0.15, 0.2) is 0 Å². The standard InChI is InChI=1S/C13H13NO3/c1-2-8-14-13(12(15)16)7-9-17-11-6-4-3-5-10(11)13/h1,3-6,14H,7-9H2,(H,15,16). The predicted octanol–water partition coefficient (Wildman–Crippen LogP) is 0.972. The second-order valence-electron chi connectivity index (χ2n) is 3.86. The molecule has 4 heteroatoms. The quantitative estimate of drug-likeness (QED) is 0.761. The lowest BCUT2D eigenvalue weighted by Crippen LogP contribution is -2.52. The lowest BCUT2D eigenvalue weighted by molar-refractivity contribution is -0.146. The summed E-state index contributed by atoms with van der Waals surface area (Å²) in [5, 5.41) is 12.4. The number of hydrogen-bond donors (Lipinski definition) is 2. The Morgan fingerprint density at radius 3 is 3.06 bits per heavy atom. The van der Waals surface area contributed by atoms with Gasteiger partial charge >= 0.3 is 5.97 Å². The fourth-order valence-corrected chi connectivity index (χ4v) is 2.08. The number of ether oxygens (including phenoxy) is 1. The van der Waals surface area contributed by atoms with Crippen LogP contribution in [-0.4, -0.2) is 24.2 Å². The number of nitrogens with one attached hydrogen (secondary N) is 1. The Bertz CT molecular complexity index is 478. The minimum absolute atomic E-state index is 0.209. The molecule has 0 bridgehead atoms. The highest BCUT2D eigenvalue weighted by molar-refractivity contribution is 5.82. The number of carboxylic acids is 1. The van der Waals surface area contributed by atoms with Crippen LogP contribution >= 0.6 is 0 Å². The van der Waals surface area contributed by atoms with E-state index in [1.807, 2.05) is 6.07 Å². The average molecular weight is 231 g/mol. The van der Waals surface area contributed by atoms with Crippen LogP contribution in [0.3, 0.4) is 0 Å². The van der Waals surface area contributed by atoms with E-state index in [4.69, 9.17) is 11.2 Å². The Hall–Kier alpha value is -1.99. The summed E-state index contributed by atoms with van der Waals surface area (Å²) in [4.78, 5) is 11.6. The van der Waals surface area contributed by atoms with Crippen molar-refractivity contribution in [1.82, 2.24) is 5.32 Å². The van der Waals surface area contributed by atoms with Gasteiger partial charge < -0.3 is 9.84 Å². The summed E-state index contributed by atoms with van der Waals surface area (Å²) in [6, 6.07) is 7.14. The second-order valence-corrected chi connectivity index (χ2v) is 3.86. The molecule has 1 unspecified atom stereocenters. The number of terminal acetylenes is 1. The molecule has 0 radical (unpaired) electrons. The number of hydrogen-bond acceptors (Lipinski definition) is 3. The normalized spacial score (nSPS) is 22.1. The van der Waals surface area contributed by atoms with Gasteiger partial charge in [0.25, 0.3) is 0 Å². The molecule has 0 spiro atoms. The maximum atomic E-state index is 11.6. The molecule has 1 aromatic rings. The molecule has 0 saturated carbocycles. The Morgan fingerprint density at radius 1 is 1.59 bits per heavy atom. The molecule has 1 atom stereocenters. The molecular formula is C13H13NO3. The molecule has 0 aromatic heterocycles. The summed E-state index contributed by atoms with van der Waals surface area (Å²) in [6.07, 6.45) is 5.55. The molecule has 0 amide bonds. The zero-order valence-corrected chi connectivity index (χ0v) is 9.27.